The summed E-state index contributed by atoms with van der Waals surface area (Å²) in [7, 11) is 0. The second-order valence-electron chi connectivity index (χ2n) is 9.72. The van der Waals surface area contributed by atoms with Gasteiger partial charge in [-0.25, -0.2) is 19.2 Å². The van der Waals surface area contributed by atoms with Crippen LogP contribution in [0.5, 0.6) is 17.4 Å². The number of carbonyl (C=O) groups is 1. The molecule has 1 fully saturated rings. The number of aliphatic hydroxyl groups is 1. The molecule has 40 heavy (non-hydrogen) atoms. The van der Waals surface area contributed by atoms with E-state index in [1.807, 2.05) is 30.3 Å². The molecule has 0 saturated heterocycles. The van der Waals surface area contributed by atoms with Crippen LogP contribution in [-0.2, 0) is 0 Å². The summed E-state index contributed by atoms with van der Waals surface area (Å²) in [6, 6.07) is 13.3. The highest BCUT2D eigenvalue weighted by atomic mass is 19.1. The molecule has 11 heteroatoms. The first-order valence-corrected chi connectivity index (χ1v) is 13.4. The molecule has 1 aliphatic carbocycles. The first-order valence-electron chi connectivity index (χ1n) is 13.4. The highest BCUT2D eigenvalue weighted by Gasteiger charge is 2.23. The quantitative estimate of drug-likeness (QED) is 0.198. The third-order valence-electron chi connectivity index (χ3n) is 6.68. The van der Waals surface area contributed by atoms with Crippen molar-refractivity contribution in [1.29, 1.82) is 0 Å². The predicted octanol–water partition coefficient (Wildman–Crippen LogP) is 4.92. The minimum Gasteiger partial charge on any atom is -0.491 e. The number of likely N-dealkylation sites (N-methyl/N-ethyl adjacent to an activating group) is 1. The van der Waals surface area contributed by atoms with E-state index in [0.29, 0.717) is 23.3 Å². The van der Waals surface area contributed by atoms with Gasteiger partial charge < -0.3 is 35.1 Å². The van der Waals surface area contributed by atoms with E-state index in [2.05, 4.69) is 44.3 Å². The van der Waals surface area contributed by atoms with Crippen molar-refractivity contribution in [1.82, 2.24) is 25.2 Å². The second kappa shape index (κ2) is 12.3. The molecule has 0 radical (unpaired) electrons. The summed E-state index contributed by atoms with van der Waals surface area (Å²) in [5, 5.41) is 16.1. The van der Waals surface area contributed by atoms with Crippen molar-refractivity contribution in [2.75, 3.05) is 31.6 Å². The summed E-state index contributed by atoms with van der Waals surface area (Å²) >= 11 is 0. The summed E-state index contributed by atoms with van der Waals surface area (Å²) in [5.41, 5.74) is 2.32. The molecular formula is C29H33FN6O4. The van der Waals surface area contributed by atoms with Crippen LogP contribution < -0.4 is 20.1 Å². The van der Waals surface area contributed by atoms with Gasteiger partial charge in [-0.05, 0) is 74.0 Å². The third-order valence-corrected chi connectivity index (χ3v) is 6.68. The largest absolute Gasteiger partial charge is 0.491 e. The molecule has 0 unspecified atom stereocenters. The van der Waals surface area contributed by atoms with Gasteiger partial charge >= 0.3 is 6.03 Å². The lowest BCUT2D eigenvalue weighted by Crippen LogP contribution is -2.35. The number of aromatic nitrogens is 3. The minimum atomic E-state index is -0.619. The van der Waals surface area contributed by atoms with Gasteiger partial charge in [-0.1, -0.05) is 13.8 Å². The van der Waals surface area contributed by atoms with Gasteiger partial charge in [0, 0.05) is 24.3 Å². The number of urea groups is 1. The number of aliphatic hydroxyl groups excluding tert-OH is 1. The number of rotatable bonds is 12. The van der Waals surface area contributed by atoms with Gasteiger partial charge in [0.05, 0.1) is 11.1 Å². The van der Waals surface area contributed by atoms with Gasteiger partial charge in [-0.2, -0.15) is 0 Å². The van der Waals surface area contributed by atoms with Crippen LogP contribution in [0.15, 0.2) is 54.9 Å². The van der Waals surface area contributed by atoms with E-state index in [1.165, 1.54) is 18.5 Å². The highest BCUT2D eigenvalue weighted by molar-refractivity contribution is 5.90. The predicted molar refractivity (Wildman–Crippen MR) is 150 cm³/mol. The van der Waals surface area contributed by atoms with Gasteiger partial charge in [-0.3, -0.25) is 0 Å². The fourth-order valence-corrected chi connectivity index (χ4v) is 4.25. The third kappa shape index (κ3) is 6.85. The van der Waals surface area contributed by atoms with Crippen molar-refractivity contribution in [2.45, 2.75) is 38.8 Å². The standard InChI is InChI=1S/C29H33FN6O4/c1-3-36(4-2)15-20(37)16-39-21-9-5-18(6-10-21)26-14-23-27(34-26)31-17-32-28(23)40-22-11-12-25(24(30)13-22)35-29(38)33-19-7-8-19/h5-6,9-14,17,19-20,37H,3-4,7-8,15-16H2,1-2H3,(H,31,32,34)(H2,33,35,38)/t20-/m0/s1. The van der Waals surface area contributed by atoms with Gasteiger partial charge in [0.2, 0.25) is 5.88 Å². The van der Waals surface area contributed by atoms with E-state index in [1.54, 1.807) is 6.07 Å². The molecule has 0 spiro atoms. The molecule has 10 nitrogen and oxygen atoms in total. The Morgan fingerprint density at radius 3 is 2.58 bits per heavy atom. The van der Waals surface area contributed by atoms with Crippen molar-refractivity contribution >= 4 is 22.8 Å². The molecule has 4 N–H and O–H groups in total. The van der Waals surface area contributed by atoms with E-state index in [4.69, 9.17) is 9.47 Å². The average molecular weight is 549 g/mol. The van der Waals surface area contributed by atoms with E-state index in [-0.39, 0.29) is 30.0 Å². The number of fused-ring (bicyclic) bond motifs is 1. The minimum absolute atomic E-state index is 0.0630. The maximum Gasteiger partial charge on any atom is 0.319 e. The monoisotopic (exact) mass is 548 g/mol. The topological polar surface area (TPSA) is 125 Å². The SMILES string of the molecule is CCN(CC)C[C@H](O)COc1ccc(-c2cc3c(Oc4ccc(NC(=O)NC5CC5)c(F)c4)ncnc3[nH]2)cc1. The number of nitrogens with zero attached hydrogens (tertiary/aromatic N) is 3. The number of benzene rings is 2. The van der Waals surface area contributed by atoms with Crippen LogP contribution in [0.25, 0.3) is 22.3 Å². The smallest absolute Gasteiger partial charge is 0.319 e. The fourth-order valence-electron chi connectivity index (χ4n) is 4.25. The molecular weight excluding hydrogens is 515 g/mol. The van der Waals surface area contributed by atoms with E-state index >= 15 is 0 Å². The first kappa shape index (κ1) is 27.4. The van der Waals surface area contributed by atoms with Crippen LogP contribution in [0.1, 0.15) is 26.7 Å². The van der Waals surface area contributed by atoms with Crippen LogP contribution in [0.3, 0.4) is 0 Å². The summed E-state index contributed by atoms with van der Waals surface area (Å²) in [4.78, 5) is 25.9. The Kier molecular flexibility index (Phi) is 8.42. The van der Waals surface area contributed by atoms with Crippen molar-refractivity contribution in [3.05, 3.63) is 60.7 Å². The molecule has 1 aliphatic rings. The maximum atomic E-state index is 14.6. The van der Waals surface area contributed by atoms with Gasteiger partial charge in [0.15, 0.2) is 0 Å². The number of hydrogen-bond donors (Lipinski definition) is 4. The van der Waals surface area contributed by atoms with Crippen LogP contribution in [0.2, 0.25) is 0 Å². The van der Waals surface area contributed by atoms with Crippen LogP contribution in [0, 0.1) is 5.82 Å². The van der Waals surface area contributed by atoms with Gasteiger partial charge in [0.25, 0.3) is 0 Å². The van der Waals surface area contributed by atoms with E-state index in [9.17, 15) is 14.3 Å². The van der Waals surface area contributed by atoms with Crippen molar-refractivity contribution in [3.63, 3.8) is 0 Å². The molecule has 0 bridgehead atoms. The number of hydrogen-bond acceptors (Lipinski definition) is 7. The number of amides is 2. The zero-order chi connectivity index (χ0) is 28.1. The molecule has 0 aliphatic heterocycles. The van der Waals surface area contributed by atoms with E-state index in [0.717, 1.165) is 37.2 Å². The number of ether oxygens (including phenoxy) is 2. The highest BCUT2D eigenvalue weighted by Crippen LogP contribution is 2.32. The van der Waals surface area contributed by atoms with Gasteiger partial charge in [0.1, 0.15) is 42.0 Å². The molecule has 1 saturated carbocycles. The van der Waals surface area contributed by atoms with Crippen LogP contribution >= 0.6 is 0 Å². The van der Waals surface area contributed by atoms with Crippen LogP contribution in [0.4, 0.5) is 14.9 Å². The zero-order valence-corrected chi connectivity index (χ0v) is 22.5. The van der Waals surface area contributed by atoms with E-state index < -0.39 is 18.0 Å². The Morgan fingerprint density at radius 1 is 1.12 bits per heavy atom. The Hall–Kier alpha value is -4.22. The molecule has 4 aromatic rings. The number of halogens is 1. The first-order chi connectivity index (χ1) is 19.4. The van der Waals surface area contributed by atoms with Crippen molar-refractivity contribution in [3.8, 4) is 28.6 Å². The summed E-state index contributed by atoms with van der Waals surface area (Å²) < 4.78 is 26.3. The zero-order valence-electron chi connectivity index (χ0n) is 22.5. The number of nitrogens with one attached hydrogen (secondary N) is 3. The molecule has 2 amide bonds. The van der Waals surface area contributed by atoms with Crippen molar-refractivity contribution in [2.24, 2.45) is 0 Å². The maximum absolute atomic E-state index is 14.6. The lowest BCUT2D eigenvalue weighted by Gasteiger charge is -2.21. The Bertz CT molecular complexity index is 1450. The normalized spacial score (nSPS) is 13.8. The average Bonchev–Trinajstić information content (AvgIpc) is 3.66. The summed E-state index contributed by atoms with van der Waals surface area (Å²) in [5.74, 6) is 0.540. The molecule has 2 aromatic carbocycles. The Balaban J connectivity index is 1.24. The summed E-state index contributed by atoms with van der Waals surface area (Å²) in [6.45, 7) is 6.67. The number of aromatic amines is 1. The lowest BCUT2D eigenvalue weighted by atomic mass is 10.1. The molecule has 2 heterocycles. The fraction of sp³-hybridized carbons (Fsp3) is 0.345. The number of anilines is 1. The molecule has 210 valence electrons. The van der Waals surface area contributed by atoms with Crippen LogP contribution in [-0.4, -0.2) is 69.4 Å². The van der Waals surface area contributed by atoms with Crippen molar-refractivity contribution < 1.29 is 23.8 Å². The number of carbonyl (C=O) groups excluding carboxylic acids is 1. The molecule has 2 aromatic heterocycles. The second-order valence-corrected chi connectivity index (χ2v) is 9.72. The number of H-pyrrole nitrogens is 1. The molecule has 5 rings (SSSR count). The van der Waals surface area contributed by atoms with Gasteiger partial charge in [-0.15, -0.1) is 0 Å². The molecule has 1 atom stereocenters. The summed E-state index contributed by atoms with van der Waals surface area (Å²) in [6.07, 6.45) is 2.68. The Labute approximate surface area is 231 Å². The lowest BCUT2D eigenvalue weighted by molar-refractivity contribution is 0.0716. The Morgan fingerprint density at radius 2 is 1.88 bits per heavy atom.